The van der Waals surface area contributed by atoms with E-state index in [0.717, 1.165) is 0 Å². The summed E-state index contributed by atoms with van der Waals surface area (Å²) in [5.41, 5.74) is 0. The van der Waals surface area contributed by atoms with Crippen molar-refractivity contribution in [3.63, 3.8) is 0 Å². The molecule has 1 rings (SSSR count). The average Bonchev–Trinajstić information content (AvgIpc) is 2.64. The van der Waals surface area contributed by atoms with Crippen LogP contribution in [0.3, 0.4) is 0 Å². The quantitative estimate of drug-likeness (QED) is 0.587. The van der Waals surface area contributed by atoms with Gasteiger partial charge in [0.05, 0.1) is 0 Å². The minimum atomic E-state index is -1.49. The van der Waals surface area contributed by atoms with E-state index in [2.05, 4.69) is 20.0 Å². The van der Waals surface area contributed by atoms with E-state index in [1.54, 1.807) is 0 Å². The topological polar surface area (TPSA) is 126 Å². The minimum absolute atomic E-state index is 0.0138. The fourth-order valence-corrected chi connectivity index (χ4v) is 0.916. The number of aromatic nitrogens is 2. The number of rotatable bonds is 5. The van der Waals surface area contributed by atoms with Crippen molar-refractivity contribution in [3.8, 4) is 0 Å². The van der Waals surface area contributed by atoms with E-state index in [0.29, 0.717) is 0 Å². The van der Waals surface area contributed by atoms with E-state index in [9.17, 15) is 9.59 Å². The third kappa shape index (κ3) is 3.31. The van der Waals surface area contributed by atoms with Crippen molar-refractivity contribution in [1.82, 2.24) is 15.5 Å². The summed E-state index contributed by atoms with van der Waals surface area (Å²) in [6.07, 6.45) is -1.58. The Bertz CT molecular complexity index is 389. The van der Waals surface area contributed by atoms with Gasteiger partial charge in [-0.1, -0.05) is 5.16 Å². The molecule has 8 nitrogen and oxygen atoms in total. The van der Waals surface area contributed by atoms with Crippen molar-refractivity contribution in [2.24, 2.45) is 0 Å². The number of aryl methyl sites for hydroxylation is 1. The molecule has 0 aliphatic rings. The highest BCUT2D eigenvalue weighted by molar-refractivity contribution is 5.90. The molecule has 3 N–H and O–H groups in total. The summed E-state index contributed by atoms with van der Waals surface area (Å²) < 4.78 is 4.59. The van der Waals surface area contributed by atoms with E-state index in [1.165, 1.54) is 6.92 Å². The zero-order chi connectivity index (χ0) is 12.1. The average molecular weight is 229 g/mol. The maximum Gasteiger partial charge on any atom is 0.332 e. The summed E-state index contributed by atoms with van der Waals surface area (Å²) in [5.74, 6) is -1.77. The molecule has 0 unspecified atom stereocenters. The molecule has 0 bridgehead atoms. The lowest BCUT2D eigenvalue weighted by atomic mass is 10.2. The number of aliphatic carboxylic acids is 1. The Morgan fingerprint density at radius 3 is 2.75 bits per heavy atom. The predicted molar refractivity (Wildman–Crippen MR) is 49.6 cm³/mol. The van der Waals surface area contributed by atoms with Crippen molar-refractivity contribution in [2.75, 3.05) is 6.54 Å². The van der Waals surface area contributed by atoms with Crippen molar-refractivity contribution in [2.45, 2.75) is 19.4 Å². The van der Waals surface area contributed by atoms with Crippen LogP contribution >= 0.6 is 0 Å². The second-order valence-electron chi connectivity index (χ2n) is 3.04. The number of aliphatic hydroxyl groups excluding tert-OH is 1. The number of carbonyl (C=O) groups is 2. The van der Waals surface area contributed by atoms with Crippen LogP contribution in [0.15, 0.2) is 4.52 Å². The highest BCUT2D eigenvalue weighted by Crippen LogP contribution is 1.95. The van der Waals surface area contributed by atoms with E-state index >= 15 is 0 Å². The van der Waals surface area contributed by atoms with Crippen LogP contribution in [0.5, 0.6) is 0 Å². The first kappa shape index (κ1) is 12.1. The molecule has 0 aliphatic heterocycles. The highest BCUT2D eigenvalue weighted by Gasteiger charge is 2.15. The number of carbonyl (C=O) groups excluding carboxylic acids is 1. The lowest BCUT2D eigenvalue weighted by molar-refractivity contribution is -0.146. The van der Waals surface area contributed by atoms with Crippen LogP contribution in [-0.4, -0.2) is 44.9 Å². The van der Waals surface area contributed by atoms with Gasteiger partial charge in [-0.05, 0) is 0 Å². The predicted octanol–water partition coefficient (Wildman–Crippen LogP) is -1.06. The molecule has 1 aromatic rings. The molecular formula is C8H11N3O5. The van der Waals surface area contributed by atoms with E-state index in [-0.39, 0.29) is 24.7 Å². The van der Waals surface area contributed by atoms with Gasteiger partial charge in [0, 0.05) is 19.9 Å². The first-order chi connectivity index (χ1) is 7.50. The second kappa shape index (κ2) is 5.21. The molecule has 1 aromatic heterocycles. The van der Waals surface area contributed by atoms with Crippen LogP contribution in [0, 0.1) is 6.92 Å². The first-order valence-electron chi connectivity index (χ1n) is 4.50. The van der Waals surface area contributed by atoms with Crippen molar-refractivity contribution in [1.29, 1.82) is 0 Å². The van der Waals surface area contributed by atoms with Gasteiger partial charge in [0.25, 0.3) is 11.7 Å². The number of carboxylic acids is 1. The number of hydrogen-bond acceptors (Lipinski definition) is 6. The van der Waals surface area contributed by atoms with E-state index < -0.39 is 18.0 Å². The van der Waals surface area contributed by atoms with Gasteiger partial charge in [-0.25, -0.2) is 4.79 Å². The maximum absolute atomic E-state index is 11.3. The van der Waals surface area contributed by atoms with Crippen LogP contribution in [0.4, 0.5) is 0 Å². The molecule has 0 radical (unpaired) electrons. The lowest BCUT2D eigenvalue weighted by Crippen LogP contribution is -2.30. The number of carboxylic acid groups (broad SMARTS) is 1. The lowest BCUT2D eigenvalue weighted by Gasteiger charge is -2.05. The minimum Gasteiger partial charge on any atom is -0.479 e. The Kier molecular flexibility index (Phi) is 3.95. The molecular weight excluding hydrogens is 218 g/mol. The van der Waals surface area contributed by atoms with Crippen LogP contribution in [0.25, 0.3) is 0 Å². The number of hydrogen-bond donors (Lipinski definition) is 3. The van der Waals surface area contributed by atoms with Gasteiger partial charge < -0.3 is 20.1 Å². The molecule has 0 aliphatic carbocycles. The monoisotopic (exact) mass is 229 g/mol. The fraction of sp³-hybridized carbons (Fsp3) is 0.500. The standard InChI is InChI=1S/C8H11N3O5/c1-4-10-6(11-16-4)7(13)9-3-2-5(12)8(14)15/h5,12H,2-3H2,1H3,(H,9,13)(H,14,15)/t5-/m0/s1. The summed E-state index contributed by atoms with van der Waals surface area (Å²) >= 11 is 0. The normalized spacial score (nSPS) is 12.1. The van der Waals surface area contributed by atoms with Crippen LogP contribution in [-0.2, 0) is 4.79 Å². The Hall–Kier alpha value is -1.96. The number of amides is 1. The van der Waals surface area contributed by atoms with Gasteiger partial charge >= 0.3 is 5.97 Å². The molecule has 0 fully saturated rings. The van der Waals surface area contributed by atoms with E-state index in [1.807, 2.05) is 0 Å². The van der Waals surface area contributed by atoms with Gasteiger partial charge in [0.1, 0.15) is 0 Å². The molecule has 0 aromatic carbocycles. The third-order valence-electron chi connectivity index (χ3n) is 1.72. The van der Waals surface area contributed by atoms with Crippen LogP contribution in [0.1, 0.15) is 22.9 Å². The molecule has 88 valence electrons. The van der Waals surface area contributed by atoms with Crippen molar-refractivity contribution < 1.29 is 24.3 Å². The molecule has 16 heavy (non-hydrogen) atoms. The highest BCUT2D eigenvalue weighted by atomic mass is 16.5. The molecule has 1 heterocycles. The summed E-state index contributed by atoms with van der Waals surface area (Å²) in [5, 5.41) is 23.0. The molecule has 8 heteroatoms. The molecule has 0 spiro atoms. The zero-order valence-electron chi connectivity index (χ0n) is 8.51. The Balaban J connectivity index is 2.34. The van der Waals surface area contributed by atoms with Gasteiger partial charge in [0.2, 0.25) is 5.89 Å². The van der Waals surface area contributed by atoms with Crippen molar-refractivity contribution >= 4 is 11.9 Å². The summed E-state index contributed by atoms with van der Waals surface area (Å²) in [7, 11) is 0. The smallest absolute Gasteiger partial charge is 0.332 e. The third-order valence-corrected chi connectivity index (χ3v) is 1.72. The Morgan fingerprint density at radius 2 is 2.25 bits per heavy atom. The largest absolute Gasteiger partial charge is 0.479 e. The molecule has 0 saturated heterocycles. The number of aliphatic hydroxyl groups is 1. The first-order valence-corrected chi connectivity index (χ1v) is 4.50. The van der Waals surface area contributed by atoms with Crippen LogP contribution < -0.4 is 5.32 Å². The van der Waals surface area contributed by atoms with E-state index in [4.69, 9.17) is 10.2 Å². The van der Waals surface area contributed by atoms with Gasteiger partial charge in [0.15, 0.2) is 6.10 Å². The van der Waals surface area contributed by atoms with Crippen molar-refractivity contribution in [3.05, 3.63) is 11.7 Å². The summed E-state index contributed by atoms with van der Waals surface area (Å²) in [4.78, 5) is 25.2. The molecule has 1 amide bonds. The Labute approximate surface area is 90.3 Å². The van der Waals surface area contributed by atoms with Gasteiger partial charge in [-0.2, -0.15) is 4.98 Å². The zero-order valence-corrected chi connectivity index (χ0v) is 8.51. The van der Waals surface area contributed by atoms with Crippen LogP contribution in [0.2, 0.25) is 0 Å². The molecule has 1 atom stereocenters. The second-order valence-corrected chi connectivity index (χ2v) is 3.04. The maximum atomic E-state index is 11.3. The summed E-state index contributed by atoms with van der Waals surface area (Å²) in [6, 6.07) is 0. The number of nitrogens with one attached hydrogen (secondary N) is 1. The fourth-order valence-electron chi connectivity index (χ4n) is 0.916. The van der Waals surface area contributed by atoms with Gasteiger partial charge in [-0.15, -0.1) is 0 Å². The molecule has 0 saturated carbocycles. The Morgan fingerprint density at radius 1 is 1.56 bits per heavy atom. The summed E-state index contributed by atoms with van der Waals surface area (Å²) in [6.45, 7) is 1.55. The number of nitrogens with zero attached hydrogens (tertiary/aromatic N) is 2. The van der Waals surface area contributed by atoms with Gasteiger partial charge in [-0.3, -0.25) is 4.79 Å². The SMILES string of the molecule is Cc1nc(C(=O)NCC[C@H](O)C(=O)O)no1.